The second-order valence-corrected chi connectivity index (χ2v) is 11.4. The molecule has 4 aromatic rings. The smallest absolute Gasteiger partial charge is 0.315 e. The average Bonchev–Trinajstić information content (AvgIpc) is 3.05. The van der Waals surface area contributed by atoms with Crippen LogP contribution < -0.4 is 9.47 Å². The van der Waals surface area contributed by atoms with Crippen molar-refractivity contribution in [2.75, 3.05) is 7.11 Å². The summed E-state index contributed by atoms with van der Waals surface area (Å²) in [5.74, 6) is -7.73. The Morgan fingerprint density at radius 1 is 0.511 bits per heavy atom. The van der Waals surface area contributed by atoms with Gasteiger partial charge in [0.05, 0.1) is 30.8 Å². The molecule has 4 unspecified atom stereocenters. The third-order valence-corrected chi connectivity index (χ3v) is 8.33. The Kier molecular flexibility index (Phi) is 9.42. The summed E-state index contributed by atoms with van der Waals surface area (Å²) in [7, 11) is 1.18. The molecular weight excluding hydrogens is 572 g/mol. The van der Waals surface area contributed by atoms with Gasteiger partial charge in [0.2, 0.25) is 0 Å². The van der Waals surface area contributed by atoms with Crippen molar-refractivity contribution in [3.8, 4) is 33.8 Å². The first-order valence-electron chi connectivity index (χ1n) is 14.7. The summed E-state index contributed by atoms with van der Waals surface area (Å²) in [6, 6.07) is 29.8. The van der Waals surface area contributed by atoms with Crippen LogP contribution in [-0.4, -0.2) is 36.1 Å². The molecule has 1 N–H and O–H groups in total. The first-order valence-corrected chi connectivity index (χ1v) is 14.7. The van der Waals surface area contributed by atoms with E-state index in [-0.39, 0.29) is 24.3 Å². The maximum Gasteiger partial charge on any atom is 0.315 e. The summed E-state index contributed by atoms with van der Waals surface area (Å²) < 4.78 is 16.1. The van der Waals surface area contributed by atoms with E-state index in [2.05, 4.69) is 0 Å². The summed E-state index contributed by atoms with van der Waals surface area (Å²) in [6.45, 7) is 4.01. The van der Waals surface area contributed by atoms with Gasteiger partial charge in [0.25, 0.3) is 0 Å². The van der Waals surface area contributed by atoms with Gasteiger partial charge in [-0.15, -0.1) is 0 Å². The van der Waals surface area contributed by atoms with Crippen LogP contribution in [0, 0.1) is 37.5 Å². The molecule has 45 heavy (non-hydrogen) atoms. The van der Waals surface area contributed by atoms with Crippen molar-refractivity contribution in [3.05, 3.63) is 108 Å². The third kappa shape index (κ3) is 7.29. The molecule has 1 saturated carbocycles. The van der Waals surface area contributed by atoms with Crippen LogP contribution in [0.15, 0.2) is 97.1 Å². The van der Waals surface area contributed by atoms with E-state index >= 15 is 0 Å². The van der Waals surface area contributed by atoms with Gasteiger partial charge in [0.15, 0.2) is 0 Å². The van der Waals surface area contributed by atoms with Crippen LogP contribution in [0.2, 0.25) is 0 Å². The number of aliphatic carboxylic acids is 1. The minimum atomic E-state index is -1.27. The Balaban J connectivity index is 1.29. The largest absolute Gasteiger partial charge is 0.481 e. The number of carbonyl (C=O) groups is 4. The van der Waals surface area contributed by atoms with Crippen molar-refractivity contribution >= 4 is 23.9 Å². The lowest BCUT2D eigenvalue weighted by atomic mass is 9.68. The summed E-state index contributed by atoms with van der Waals surface area (Å²) in [5.41, 5.74) is 6.13. The SMILES string of the molecule is COC(=O)C1CC(C(=O)Oc2ccc(-c3ccc(C)cc3)cc2)C(C(=O)O)CC1C(=O)Oc1ccc(-c2ccc(C)cc2)cc1. The van der Waals surface area contributed by atoms with Gasteiger partial charge < -0.3 is 19.3 Å². The van der Waals surface area contributed by atoms with Crippen LogP contribution in [0.1, 0.15) is 24.0 Å². The summed E-state index contributed by atoms with van der Waals surface area (Å²) in [5, 5.41) is 10.1. The van der Waals surface area contributed by atoms with E-state index < -0.39 is 47.5 Å². The van der Waals surface area contributed by atoms with Gasteiger partial charge in [-0.25, -0.2) is 0 Å². The number of esters is 3. The van der Waals surface area contributed by atoms with Crippen molar-refractivity contribution in [3.63, 3.8) is 0 Å². The van der Waals surface area contributed by atoms with Gasteiger partial charge in [-0.3, -0.25) is 19.2 Å². The van der Waals surface area contributed by atoms with Crippen molar-refractivity contribution in [2.45, 2.75) is 26.7 Å². The molecule has 5 rings (SSSR count). The van der Waals surface area contributed by atoms with E-state index in [0.29, 0.717) is 0 Å². The highest BCUT2D eigenvalue weighted by Gasteiger charge is 2.50. The van der Waals surface area contributed by atoms with Gasteiger partial charge >= 0.3 is 23.9 Å². The number of carboxylic acids is 1. The molecule has 1 fully saturated rings. The summed E-state index contributed by atoms with van der Waals surface area (Å²) in [6.07, 6.45) is -0.530. The zero-order valence-electron chi connectivity index (χ0n) is 25.3. The molecule has 0 aromatic heterocycles. The second-order valence-electron chi connectivity index (χ2n) is 11.4. The fraction of sp³-hybridized carbons (Fsp3) is 0.243. The zero-order valence-corrected chi connectivity index (χ0v) is 25.3. The highest BCUT2D eigenvalue weighted by atomic mass is 16.5. The van der Waals surface area contributed by atoms with Crippen LogP contribution in [-0.2, 0) is 23.9 Å². The lowest BCUT2D eigenvalue weighted by Gasteiger charge is -2.35. The molecule has 0 saturated heterocycles. The van der Waals surface area contributed by atoms with Crippen LogP contribution in [0.4, 0.5) is 0 Å². The lowest BCUT2D eigenvalue weighted by Crippen LogP contribution is -2.47. The number of hydrogen-bond acceptors (Lipinski definition) is 7. The first kappa shape index (κ1) is 31.2. The standard InChI is InChI=1S/C37H34O8/c1-22-4-8-24(9-5-22)26-12-16-28(17-13-26)44-36(41)31-21-32(35(40)43-3)33(20-30(31)34(38)39)37(42)45-29-18-14-27(15-19-29)25-10-6-23(2)7-11-25/h4-19,30-33H,20-21H2,1-3H3,(H,38,39). The van der Waals surface area contributed by atoms with Crippen molar-refractivity contribution in [1.82, 2.24) is 0 Å². The Morgan fingerprint density at radius 3 is 1.18 bits per heavy atom. The molecule has 4 aromatic carbocycles. The number of carbonyl (C=O) groups excluding carboxylic acids is 3. The number of aryl methyl sites for hydroxylation is 2. The van der Waals surface area contributed by atoms with Gasteiger partial charge in [0, 0.05) is 0 Å². The number of ether oxygens (including phenoxy) is 3. The van der Waals surface area contributed by atoms with E-state index in [1.807, 2.05) is 74.5 Å². The van der Waals surface area contributed by atoms with E-state index in [0.717, 1.165) is 33.4 Å². The molecule has 8 heteroatoms. The molecule has 0 radical (unpaired) electrons. The first-order chi connectivity index (χ1) is 21.6. The maximum atomic E-state index is 13.4. The fourth-order valence-corrected chi connectivity index (χ4v) is 5.72. The van der Waals surface area contributed by atoms with E-state index in [9.17, 15) is 24.3 Å². The number of hydrogen-bond donors (Lipinski definition) is 1. The number of carboxylic acid groups (broad SMARTS) is 1. The Bertz CT molecular complexity index is 1670. The minimum Gasteiger partial charge on any atom is -0.481 e. The van der Waals surface area contributed by atoms with Gasteiger partial charge in [-0.2, -0.15) is 0 Å². The van der Waals surface area contributed by atoms with Crippen LogP contribution in [0.5, 0.6) is 11.5 Å². The molecule has 0 spiro atoms. The van der Waals surface area contributed by atoms with Gasteiger partial charge in [0.1, 0.15) is 11.5 Å². The zero-order chi connectivity index (χ0) is 32.1. The molecule has 1 aliphatic carbocycles. The van der Waals surface area contributed by atoms with E-state index in [1.165, 1.54) is 7.11 Å². The monoisotopic (exact) mass is 606 g/mol. The van der Waals surface area contributed by atoms with Crippen LogP contribution >= 0.6 is 0 Å². The molecule has 230 valence electrons. The van der Waals surface area contributed by atoms with Crippen molar-refractivity contribution in [1.29, 1.82) is 0 Å². The topological polar surface area (TPSA) is 116 Å². The molecule has 0 heterocycles. The maximum absolute atomic E-state index is 13.4. The predicted molar refractivity (Wildman–Crippen MR) is 167 cm³/mol. The molecule has 0 bridgehead atoms. The fourth-order valence-electron chi connectivity index (χ4n) is 5.72. The normalized spacial score (nSPS) is 19.3. The molecular formula is C37H34O8. The second kappa shape index (κ2) is 13.6. The van der Waals surface area contributed by atoms with Crippen LogP contribution in [0.3, 0.4) is 0 Å². The third-order valence-electron chi connectivity index (χ3n) is 8.33. The van der Waals surface area contributed by atoms with Crippen LogP contribution in [0.25, 0.3) is 22.3 Å². The molecule has 4 atom stereocenters. The highest BCUT2D eigenvalue weighted by Crippen LogP contribution is 2.41. The predicted octanol–water partition coefficient (Wildman–Crippen LogP) is 6.66. The Labute approximate surface area is 261 Å². The quantitative estimate of drug-likeness (QED) is 0.175. The van der Waals surface area contributed by atoms with E-state index in [1.54, 1.807) is 36.4 Å². The molecule has 0 aliphatic heterocycles. The van der Waals surface area contributed by atoms with Crippen molar-refractivity contribution < 1.29 is 38.5 Å². The highest BCUT2D eigenvalue weighted by molar-refractivity contribution is 5.88. The molecule has 1 aliphatic rings. The lowest BCUT2D eigenvalue weighted by molar-refractivity contribution is -0.167. The number of benzene rings is 4. The molecule has 8 nitrogen and oxygen atoms in total. The Morgan fingerprint density at radius 2 is 0.822 bits per heavy atom. The molecule has 0 amide bonds. The van der Waals surface area contributed by atoms with Gasteiger partial charge in [-0.05, 0) is 73.2 Å². The Hall–Kier alpha value is -5.24. The summed E-state index contributed by atoms with van der Waals surface area (Å²) >= 11 is 0. The number of methoxy groups -OCH3 is 1. The average molecular weight is 607 g/mol. The van der Waals surface area contributed by atoms with Gasteiger partial charge in [-0.1, -0.05) is 83.9 Å². The number of rotatable bonds is 8. The van der Waals surface area contributed by atoms with E-state index in [4.69, 9.17) is 14.2 Å². The minimum absolute atomic E-state index is 0.240. The van der Waals surface area contributed by atoms with Crippen molar-refractivity contribution in [2.24, 2.45) is 23.7 Å². The summed E-state index contributed by atoms with van der Waals surface area (Å²) in [4.78, 5) is 51.8.